The van der Waals surface area contributed by atoms with E-state index in [1.54, 1.807) is 11.8 Å². The van der Waals surface area contributed by atoms with E-state index in [0.717, 1.165) is 24.2 Å². The molecule has 0 radical (unpaired) electrons. The zero-order chi connectivity index (χ0) is 11.4. The number of rotatable bonds is 4. The fourth-order valence-electron chi connectivity index (χ4n) is 1.78. The van der Waals surface area contributed by atoms with Crippen molar-refractivity contribution in [3.05, 3.63) is 29.8 Å². The van der Waals surface area contributed by atoms with E-state index in [0.29, 0.717) is 6.61 Å². The van der Waals surface area contributed by atoms with Gasteiger partial charge in [0.15, 0.2) is 0 Å². The molecular weight excluding hydrogens is 220 g/mol. The Kier molecular flexibility index (Phi) is 3.88. The van der Waals surface area contributed by atoms with Crippen LogP contribution in [0.4, 0.5) is 0 Å². The van der Waals surface area contributed by atoms with Crippen LogP contribution in [-0.2, 0) is 9.53 Å². The van der Waals surface area contributed by atoms with Crippen LogP contribution in [0.3, 0.4) is 0 Å². The Balaban J connectivity index is 1.99. The van der Waals surface area contributed by atoms with Crippen molar-refractivity contribution in [3.63, 3.8) is 0 Å². The Morgan fingerprint density at radius 2 is 2.31 bits per heavy atom. The molecule has 16 heavy (non-hydrogen) atoms. The minimum Gasteiger partial charge on any atom is -0.465 e. The Labute approximate surface area is 100 Å². The lowest BCUT2D eigenvalue weighted by atomic mass is 10.0. The van der Waals surface area contributed by atoms with Gasteiger partial charge < -0.3 is 4.74 Å². The molecule has 0 spiro atoms. The van der Waals surface area contributed by atoms with Crippen LogP contribution in [0.15, 0.2) is 29.2 Å². The first-order chi connectivity index (χ1) is 7.83. The number of fused-ring (bicyclic) bond motifs is 1. The van der Waals surface area contributed by atoms with Gasteiger partial charge in [-0.3, -0.25) is 4.79 Å². The van der Waals surface area contributed by atoms with E-state index in [1.165, 1.54) is 4.90 Å². The highest BCUT2D eigenvalue weighted by atomic mass is 32.2. The monoisotopic (exact) mass is 236 g/mol. The summed E-state index contributed by atoms with van der Waals surface area (Å²) in [5.41, 5.74) is 1.13. The highest BCUT2D eigenvalue weighted by Gasteiger charge is 2.29. The average Bonchev–Trinajstić information content (AvgIpc) is 2.73. The maximum atomic E-state index is 11.8. The summed E-state index contributed by atoms with van der Waals surface area (Å²) < 4.78 is 5.27. The van der Waals surface area contributed by atoms with E-state index in [1.807, 2.05) is 18.2 Å². The number of ether oxygens (including phenoxy) is 1. The van der Waals surface area contributed by atoms with Gasteiger partial charge >= 0.3 is 5.97 Å². The van der Waals surface area contributed by atoms with Gasteiger partial charge in [0.1, 0.15) is 0 Å². The van der Waals surface area contributed by atoms with E-state index in [-0.39, 0.29) is 11.9 Å². The topological polar surface area (TPSA) is 26.3 Å². The summed E-state index contributed by atoms with van der Waals surface area (Å²) in [6.45, 7) is 2.65. The molecule has 1 heterocycles. The first-order valence-corrected chi connectivity index (χ1v) is 6.70. The summed E-state index contributed by atoms with van der Waals surface area (Å²) in [4.78, 5) is 13.1. The summed E-state index contributed by atoms with van der Waals surface area (Å²) >= 11 is 1.74. The van der Waals surface area contributed by atoms with Gasteiger partial charge in [-0.2, -0.15) is 0 Å². The predicted octanol–water partition coefficient (Wildman–Crippen LogP) is 3.22. The van der Waals surface area contributed by atoms with Crippen molar-refractivity contribution < 1.29 is 9.53 Å². The lowest BCUT2D eigenvalue weighted by Gasteiger charge is -2.10. The van der Waals surface area contributed by atoms with Crippen LogP contribution >= 0.6 is 11.8 Å². The number of thioether (sulfide) groups is 1. The second-order valence-electron chi connectivity index (χ2n) is 3.92. The molecule has 0 aliphatic carbocycles. The van der Waals surface area contributed by atoms with Gasteiger partial charge in [-0.05, 0) is 18.1 Å². The van der Waals surface area contributed by atoms with Crippen LogP contribution in [0.2, 0.25) is 0 Å². The molecule has 2 nitrogen and oxygen atoms in total. The molecule has 0 saturated carbocycles. The summed E-state index contributed by atoms with van der Waals surface area (Å²) in [6, 6.07) is 8.09. The van der Waals surface area contributed by atoms with E-state index in [2.05, 4.69) is 13.0 Å². The Morgan fingerprint density at radius 1 is 1.50 bits per heavy atom. The number of unbranched alkanes of at least 4 members (excludes halogenated alkanes) is 1. The van der Waals surface area contributed by atoms with Crippen molar-refractivity contribution in [2.75, 3.05) is 12.4 Å². The number of carbonyl (C=O) groups excluding carboxylic acids is 1. The third-order valence-electron chi connectivity index (χ3n) is 2.73. The standard InChI is InChI=1S/C13H16O2S/c1-2-3-8-15-13(14)11-9-16-12-7-5-4-6-10(11)12/h4-7,11H,2-3,8-9H2,1H3. The Hall–Kier alpha value is -0.960. The van der Waals surface area contributed by atoms with Crippen molar-refractivity contribution in [2.45, 2.75) is 30.6 Å². The fourth-order valence-corrected chi connectivity index (χ4v) is 2.99. The van der Waals surface area contributed by atoms with E-state index >= 15 is 0 Å². The van der Waals surface area contributed by atoms with Gasteiger partial charge in [-0.25, -0.2) is 0 Å². The highest BCUT2D eigenvalue weighted by Crippen LogP contribution is 2.39. The third-order valence-corrected chi connectivity index (χ3v) is 3.91. The summed E-state index contributed by atoms with van der Waals surface area (Å²) in [6.07, 6.45) is 2.01. The van der Waals surface area contributed by atoms with Crippen LogP contribution in [0.1, 0.15) is 31.2 Å². The molecule has 0 fully saturated rings. The van der Waals surface area contributed by atoms with Crippen LogP contribution in [0, 0.1) is 0 Å². The quantitative estimate of drug-likeness (QED) is 0.593. The molecular formula is C13H16O2S. The minimum absolute atomic E-state index is 0.0574. The molecule has 2 rings (SSSR count). The number of esters is 1. The Morgan fingerprint density at radius 3 is 3.12 bits per heavy atom. The SMILES string of the molecule is CCCCOC(=O)C1CSc2ccccc21. The Bertz CT molecular complexity index is 376. The van der Waals surface area contributed by atoms with Gasteiger partial charge in [-0.1, -0.05) is 31.5 Å². The summed E-state index contributed by atoms with van der Waals surface area (Å²) in [7, 11) is 0. The van der Waals surface area contributed by atoms with Gasteiger partial charge in [0.25, 0.3) is 0 Å². The van der Waals surface area contributed by atoms with E-state index in [9.17, 15) is 4.79 Å². The van der Waals surface area contributed by atoms with Crippen molar-refractivity contribution in [1.82, 2.24) is 0 Å². The maximum Gasteiger partial charge on any atom is 0.314 e. The molecule has 3 heteroatoms. The molecule has 1 aliphatic heterocycles. The molecule has 1 unspecified atom stereocenters. The van der Waals surface area contributed by atoms with Crippen LogP contribution < -0.4 is 0 Å². The second kappa shape index (κ2) is 5.39. The third kappa shape index (κ3) is 2.40. The van der Waals surface area contributed by atoms with Gasteiger partial charge in [0.05, 0.1) is 12.5 Å². The fraction of sp³-hybridized carbons (Fsp3) is 0.462. The predicted molar refractivity (Wildman–Crippen MR) is 65.8 cm³/mol. The highest BCUT2D eigenvalue weighted by molar-refractivity contribution is 7.99. The molecule has 1 atom stereocenters. The lowest BCUT2D eigenvalue weighted by Crippen LogP contribution is -2.16. The van der Waals surface area contributed by atoms with Gasteiger partial charge in [-0.15, -0.1) is 11.8 Å². The molecule has 86 valence electrons. The molecule has 0 bridgehead atoms. The molecule has 1 aromatic rings. The molecule has 1 aromatic carbocycles. The summed E-state index contributed by atoms with van der Waals surface area (Å²) in [5, 5.41) is 0. The van der Waals surface area contributed by atoms with Gasteiger partial charge in [0, 0.05) is 10.6 Å². The minimum atomic E-state index is -0.0640. The van der Waals surface area contributed by atoms with Crippen molar-refractivity contribution >= 4 is 17.7 Å². The zero-order valence-electron chi connectivity index (χ0n) is 9.44. The summed E-state index contributed by atoms with van der Waals surface area (Å²) in [5.74, 6) is 0.702. The molecule has 0 aromatic heterocycles. The lowest BCUT2D eigenvalue weighted by molar-refractivity contribution is -0.145. The second-order valence-corrected chi connectivity index (χ2v) is 4.98. The zero-order valence-corrected chi connectivity index (χ0v) is 10.3. The van der Waals surface area contributed by atoms with Crippen LogP contribution in [0.5, 0.6) is 0 Å². The van der Waals surface area contributed by atoms with E-state index < -0.39 is 0 Å². The largest absolute Gasteiger partial charge is 0.465 e. The molecule has 1 aliphatic rings. The van der Waals surface area contributed by atoms with E-state index in [4.69, 9.17) is 4.74 Å². The van der Waals surface area contributed by atoms with Crippen LogP contribution in [-0.4, -0.2) is 18.3 Å². The van der Waals surface area contributed by atoms with Crippen LogP contribution in [0.25, 0.3) is 0 Å². The van der Waals surface area contributed by atoms with Crippen molar-refractivity contribution in [2.24, 2.45) is 0 Å². The molecule has 0 N–H and O–H groups in total. The molecule has 0 saturated heterocycles. The first kappa shape index (κ1) is 11.5. The van der Waals surface area contributed by atoms with Gasteiger partial charge in [0.2, 0.25) is 0 Å². The number of carbonyl (C=O) groups is 1. The number of benzene rings is 1. The van der Waals surface area contributed by atoms with Crippen molar-refractivity contribution in [3.8, 4) is 0 Å². The number of hydrogen-bond acceptors (Lipinski definition) is 3. The number of hydrogen-bond donors (Lipinski definition) is 0. The first-order valence-electron chi connectivity index (χ1n) is 5.71. The average molecular weight is 236 g/mol. The normalized spacial score (nSPS) is 18.2. The smallest absolute Gasteiger partial charge is 0.314 e. The molecule has 0 amide bonds. The maximum absolute atomic E-state index is 11.8. The van der Waals surface area contributed by atoms with Crippen molar-refractivity contribution in [1.29, 1.82) is 0 Å².